The van der Waals surface area contributed by atoms with Gasteiger partial charge in [0.1, 0.15) is 5.78 Å². The lowest BCUT2D eigenvalue weighted by Crippen LogP contribution is -2.12. The van der Waals surface area contributed by atoms with Crippen LogP contribution in [0.2, 0.25) is 0 Å². The van der Waals surface area contributed by atoms with Gasteiger partial charge in [-0.1, -0.05) is 26.0 Å². The molecule has 0 saturated heterocycles. The summed E-state index contributed by atoms with van der Waals surface area (Å²) in [5, 5.41) is 0. The molecule has 0 heterocycles. The fourth-order valence-electron chi connectivity index (χ4n) is 2.40. The number of Topliss-reactive ketones (excluding diaryl/α,β-unsaturated/α-hetero) is 2. The summed E-state index contributed by atoms with van der Waals surface area (Å²) in [6, 6.07) is 5.84. The maximum absolute atomic E-state index is 11.8. The van der Waals surface area contributed by atoms with Gasteiger partial charge in [-0.25, -0.2) is 0 Å². The first-order valence-corrected chi connectivity index (χ1v) is 5.56. The van der Waals surface area contributed by atoms with Gasteiger partial charge in [-0.2, -0.15) is 0 Å². The Morgan fingerprint density at radius 1 is 1.38 bits per heavy atom. The van der Waals surface area contributed by atoms with Gasteiger partial charge in [-0.15, -0.1) is 0 Å². The Balaban J connectivity index is 2.44. The molecule has 2 rings (SSSR count). The normalized spacial score (nSPS) is 17.3. The van der Waals surface area contributed by atoms with Crippen molar-refractivity contribution in [2.75, 3.05) is 0 Å². The number of rotatable bonds is 2. The molecule has 1 aliphatic rings. The van der Waals surface area contributed by atoms with Crippen molar-refractivity contribution >= 4 is 11.6 Å². The minimum Gasteiger partial charge on any atom is -0.300 e. The van der Waals surface area contributed by atoms with E-state index in [0.717, 1.165) is 16.7 Å². The van der Waals surface area contributed by atoms with Crippen molar-refractivity contribution in [1.29, 1.82) is 0 Å². The number of hydrogen-bond acceptors (Lipinski definition) is 2. The van der Waals surface area contributed by atoms with E-state index in [4.69, 9.17) is 0 Å². The van der Waals surface area contributed by atoms with Crippen LogP contribution in [-0.4, -0.2) is 11.6 Å². The summed E-state index contributed by atoms with van der Waals surface area (Å²) in [5.41, 5.74) is 2.81. The van der Waals surface area contributed by atoms with Crippen molar-refractivity contribution < 1.29 is 9.59 Å². The van der Waals surface area contributed by atoms with Crippen molar-refractivity contribution in [3.63, 3.8) is 0 Å². The second-order valence-corrected chi connectivity index (χ2v) is 5.24. The number of ketones is 2. The van der Waals surface area contributed by atoms with E-state index in [1.165, 1.54) is 0 Å². The standard InChI is InChI=1S/C14H16O2/c1-9(15)6-10-4-5-12-11(7-10)13(16)8-14(12,2)3/h4-5,7H,6,8H2,1-3H3. The van der Waals surface area contributed by atoms with Gasteiger partial charge in [0.2, 0.25) is 0 Å². The first-order chi connectivity index (χ1) is 7.40. The number of hydrogen-bond donors (Lipinski definition) is 0. The lowest BCUT2D eigenvalue weighted by molar-refractivity contribution is -0.116. The second-order valence-electron chi connectivity index (χ2n) is 5.24. The molecule has 0 amide bonds. The van der Waals surface area contributed by atoms with E-state index < -0.39 is 0 Å². The number of fused-ring (bicyclic) bond motifs is 1. The van der Waals surface area contributed by atoms with Crippen molar-refractivity contribution in [1.82, 2.24) is 0 Å². The highest BCUT2D eigenvalue weighted by molar-refractivity contribution is 6.02. The first-order valence-electron chi connectivity index (χ1n) is 5.56. The maximum Gasteiger partial charge on any atom is 0.164 e. The fourth-order valence-corrected chi connectivity index (χ4v) is 2.40. The predicted octanol–water partition coefficient (Wildman–Crippen LogP) is 2.68. The van der Waals surface area contributed by atoms with Gasteiger partial charge in [0, 0.05) is 18.4 Å². The average Bonchev–Trinajstić information content (AvgIpc) is 2.36. The Bertz CT molecular complexity index is 470. The first kappa shape index (κ1) is 11.1. The molecule has 2 nitrogen and oxygen atoms in total. The summed E-state index contributed by atoms with van der Waals surface area (Å²) in [7, 11) is 0. The van der Waals surface area contributed by atoms with Gasteiger partial charge in [0.25, 0.3) is 0 Å². The van der Waals surface area contributed by atoms with Gasteiger partial charge in [0.15, 0.2) is 5.78 Å². The molecule has 1 aromatic carbocycles. The van der Waals surface area contributed by atoms with Crippen molar-refractivity contribution in [3.05, 3.63) is 34.9 Å². The lowest BCUT2D eigenvalue weighted by atomic mass is 9.86. The molecule has 84 valence electrons. The lowest BCUT2D eigenvalue weighted by Gasteiger charge is -2.17. The van der Waals surface area contributed by atoms with Crippen LogP contribution in [-0.2, 0) is 16.6 Å². The zero-order valence-corrected chi connectivity index (χ0v) is 9.96. The Morgan fingerprint density at radius 3 is 2.69 bits per heavy atom. The molecule has 0 fully saturated rings. The Morgan fingerprint density at radius 2 is 2.06 bits per heavy atom. The highest BCUT2D eigenvalue weighted by atomic mass is 16.1. The molecule has 0 saturated carbocycles. The van der Waals surface area contributed by atoms with Crippen LogP contribution in [0.4, 0.5) is 0 Å². The van der Waals surface area contributed by atoms with E-state index in [1.54, 1.807) is 6.92 Å². The third kappa shape index (κ3) is 1.80. The SMILES string of the molecule is CC(=O)Cc1ccc2c(c1)C(=O)CC2(C)C. The van der Waals surface area contributed by atoms with E-state index in [9.17, 15) is 9.59 Å². The average molecular weight is 216 g/mol. The molecular formula is C14H16O2. The minimum absolute atomic E-state index is 0.0544. The highest BCUT2D eigenvalue weighted by Crippen LogP contribution is 2.38. The van der Waals surface area contributed by atoms with Gasteiger partial charge in [-0.05, 0) is 29.5 Å². The zero-order valence-electron chi connectivity index (χ0n) is 9.96. The number of carbonyl (C=O) groups excluding carboxylic acids is 2. The van der Waals surface area contributed by atoms with E-state index >= 15 is 0 Å². The van der Waals surface area contributed by atoms with E-state index in [0.29, 0.717) is 12.8 Å². The molecule has 16 heavy (non-hydrogen) atoms. The monoisotopic (exact) mass is 216 g/mol. The molecule has 0 radical (unpaired) electrons. The molecule has 1 aromatic rings. The molecule has 0 spiro atoms. The van der Waals surface area contributed by atoms with Crippen LogP contribution in [0.5, 0.6) is 0 Å². The van der Waals surface area contributed by atoms with E-state index in [-0.39, 0.29) is 17.0 Å². The van der Waals surface area contributed by atoms with Crippen LogP contribution in [0.1, 0.15) is 48.7 Å². The van der Waals surface area contributed by atoms with Crippen LogP contribution in [0, 0.1) is 0 Å². The van der Waals surface area contributed by atoms with Gasteiger partial charge >= 0.3 is 0 Å². The Kier molecular flexibility index (Phi) is 2.45. The molecule has 0 N–H and O–H groups in total. The van der Waals surface area contributed by atoms with Crippen LogP contribution < -0.4 is 0 Å². The predicted molar refractivity (Wildman–Crippen MR) is 62.8 cm³/mol. The summed E-state index contributed by atoms with van der Waals surface area (Å²) in [6.45, 7) is 5.74. The summed E-state index contributed by atoms with van der Waals surface area (Å²) < 4.78 is 0. The quantitative estimate of drug-likeness (QED) is 0.761. The molecule has 1 aliphatic carbocycles. The van der Waals surface area contributed by atoms with Crippen molar-refractivity contribution in [2.45, 2.75) is 39.0 Å². The minimum atomic E-state index is -0.0544. The molecular weight excluding hydrogens is 200 g/mol. The number of carbonyl (C=O) groups is 2. The Hall–Kier alpha value is -1.44. The summed E-state index contributed by atoms with van der Waals surface area (Å²) in [5.74, 6) is 0.329. The smallest absolute Gasteiger partial charge is 0.164 e. The molecule has 0 unspecified atom stereocenters. The molecule has 0 bridgehead atoms. The van der Waals surface area contributed by atoms with Gasteiger partial charge in [-0.3, -0.25) is 9.59 Å². The second kappa shape index (κ2) is 3.55. The number of benzene rings is 1. The van der Waals surface area contributed by atoms with Gasteiger partial charge < -0.3 is 0 Å². The fraction of sp³-hybridized carbons (Fsp3) is 0.429. The highest BCUT2D eigenvalue weighted by Gasteiger charge is 2.35. The van der Waals surface area contributed by atoms with Crippen molar-refractivity contribution in [3.8, 4) is 0 Å². The molecule has 0 atom stereocenters. The third-order valence-electron chi connectivity index (χ3n) is 3.17. The summed E-state index contributed by atoms with van der Waals surface area (Å²) in [6.07, 6.45) is 0.993. The third-order valence-corrected chi connectivity index (χ3v) is 3.17. The van der Waals surface area contributed by atoms with Crippen molar-refractivity contribution in [2.24, 2.45) is 0 Å². The van der Waals surface area contributed by atoms with E-state index in [2.05, 4.69) is 13.8 Å². The summed E-state index contributed by atoms with van der Waals surface area (Å²) in [4.78, 5) is 22.9. The Labute approximate surface area is 95.7 Å². The summed E-state index contributed by atoms with van der Waals surface area (Å²) >= 11 is 0. The van der Waals surface area contributed by atoms with Crippen LogP contribution in [0.3, 0.4) is 0 Å². The van der Waals surface area contributed by atoms with Gasteiger partial charge in [0.05, 0.1) is 0 Å². The van der Waals surface area contributed by atoms with Crippen LogP contribution in [0.15, 0.2) is 18.2 Å². The molecule has 0 aliphatic heterocycles. The topological polar surface area (TPSA) is 34.1 Å². The molecule has 0 aromatic heterocycles. The van der Waals surface area contributed by atoms with E-state index in [1.807, 2.05) is 18.2 Å². The van der Waals surface area contributed by atoms with Crippen LogP contribution in [0.25, 0.3) is 0 Å². The zero-order chi connectivity index (χ0) is 11.9. The van der Waals surface area contributed by atoms with Crippen LogP contribution >= 0.6 is 0 Å². The largest absolute Gasteiger partial charge is 0.300 e. The maximum atomic E-state index is 11.8. The molecule has 2 heteroatoms.